The average molecular weight is 370 g/mol. The molecule has 4 amide bonds. The molecule has 3 unspecified atom stereocenters. The van der Waals surface area contributed by atoms with Gasteiger partial charge in [-0.3, -0.25) is 29.4 Å². The van der Waals surface area contributed by atoms with Crippen molar-refractivity contribution in [2.75, 3.05) is 11.9 Å². The summed E-state index contributed by atoms with van der Waals surface area (Å²) in [6, 6.07) is 4.93. The molecule has 142 valence electrons. The number of fused-ring (bicyclic) bond motifs is 1. The first-order valence-corrected chi connectivity index (χ1v) is 9.29. The lowest BCUT2D eigenvalue weighted by Crippen LogP contribution is -2.54. The highest BCUT2D eigenvalue weighted by Gasteiger charge is 2.44. The number of hydrogen-bond donors (Lipinski definition) is 3. The van der Waals surface area contributed by atoms with E-state index < -0.39 is 23.8 Å². The largest absolute Gasteiger partial charge is 0.381 e. The molecule has 27 heavy (non-hydrogen) atoms. The summed E-state index contributed by atoms with van der Waals surface area (Å²) in [5.74, 6) is -1.94. The standard InChI is InChI=1S/C19H22N4O4/c1-10-2-3-12(9-20-10)21-11-4-5-13-14(8-11)19(27)23(18(13)26)15-6-7-16(24)22-17(15)25/h4-5,8,10,12,15,20-21H,2-3,6-7,9H2,1H3,(H,22,24,25). The van der Waals surface area contributed by atoms with Gasteiger partial charge in [-0.05, 0) is 44.4 Å². The number of imide groups is 2. The van der Waals surface area contributed by atoms with Crippen LogP contribution >= 0.6 is 0 Å². The van der Waals surface area contributed by atoms with Crippen molar-refractivity contribution in [1.29, 1.82) is 0 Å². The smallest absolute Gasteiger partial charge is 0.262 e. The van der Waals surface area contributed by atoms with E-state index in [-0.39, 0.29) is 24.8 Å². The van der Waals surface area contributed by atoms with Gasteiger partial charge in [-0.25, -0.2) is 0 Å². The first-order valence-electron chi connectivity index (χ1n) is 9.29. The maximum atomic E-state index is 12.8. The van der Waals surface area contributed by atoms with Gasteiger partial charge in [0.15, 0.2) is 0 Å². The SMILES string of the molecule is CC1CCC(Nc2ccc3c(c2)C(=O)N(C2CCC(=O)NC2=O)C3=O)CN1. The number of rotatable bonds is 3. The van der Waals surface area contributed by atoms with Crippen molar-refractivity contribution in [3.63, 3.8) is 0 Å². The van der Waals surface area contributed by atoms with Crippen LogP contribution in [0, 0.1) is 0 Å². The molecule has 0 aliphatic carbocycles. The van der Waals surface area contributed by atoms with E-state index in [4.69, 9.17) is 0 Å². The summed E-state index contributed by atoms with van der Waals surface area (Å²) in [5.41, 5.74) is 1.37. The molecule has 3 atom stereocenters. The minimum Gasteiger partial charge on any atom is -0.381 e. The second-order valence-corrected chi connectivity index (χ2v) is 7.44. The summed E-state index contributed by atoms with van der Waals surface area (Å²) in [4.78, 5) is 49.9. The molecular formula is C19H22N4O4. The number of piperidine rings is 2. The molecule has 8 nitrogen and oxygen atoms in total. The summed E-state index contributed by atoms with van der Waals surface area (Å²) < 4.78 is 0. The second-order valence-electron chi connectivity index (χ2n) is 7.44. The minimum atomic E-state index is -0.935. The number of anilines is 1. The van der Waals surface area contributed by atoms with Crippen LogP contribution in [0.25, 0.3) is 0 Å². The van der Waals surface area contributed by atoms with E-state index in [9.17, 15) is 19.2 Å². The molecule has 3 aliphatic rings. The van der Waals surface area contributed by atoms with E-state index in [1.54, 1.807) is 18.2 Å². The molecule has 0 bridgehead atoms. The fourth-order valence-corrected chi connectivity index (χ4v) is 3.92. The number of benzene rings is 1. The zero-order valence-corrected chi connectivity index (χ0v) is 15.1. The predicted octanol–water partition coefficient (Wildman–Crippen LogP) is 0.640. The molecule has 2 fully saturated rings. The molecule has 2 saturated heterocycles. The van der Waals surface area contributed by atoms with Gasteiger partial charge in [0.1, 0.15) is 6.04 Å². The van der Waals surface area contributed by atoms with Gasteiger partial charge < -0.3 is 10.6 Å². The summed E-state index contributed by atoms with van der Waals surface area (Å²) in [7, 11) is 0. The zero-order chi connectivity index (χ0) is 19.1. The van der Waals surface area contributed by atoms with E-state index in [1.165, 1.54) is 0 Å². The average Bonchev–Trinajstić information content (AvgIpc) is 2.88. The summed E-state index contributed by atoms with van der Waals surface area (Å²) in [6.07, 6.45) is 2.38. The molecule has 8 heteroatoms. The Kier molecular flexibility index (Phi) is 4.43. The maximum Gasteiger partial charge on any atom is 0.262 e. The molecule has 0 aromatic heterocycles. The van der Waals surface area contributed by atoms with E-state index in [0.29, 0.717) is 17.2 Å². The van der Waals surface area contributed by atoms with Gasteiger partial charge in [0, 0.05) is 30.7 Å². The Labute approximate surface area is 156 Å². The Hall–Kier alpha value is -2.74. The fourth-order valence-electron chi connectivity index (χ4n) is 3.92. The van der Waals surface area contributed by atoms with E-state index in [2.05, 4.69) is 22.9 Å². The molecule has 0 radical (unpaired) electrons. The maximum absolute atomic E-state index is 12.8. The number of hydrogen-bond acceptors (Lipinski definition) is 6. The Morgan fingerprint density at radius 3 is 2.52 bits per heavy atom. The Balaban J connectivity index is 1.53. The molecule has 0 saturated carbocycles. The fraction of sp³-hybridized carbons (Fsp3) is 0.474. The van der Waals surface area contributed by atoms with Crippen LogP contribution in [0.1, 0.15) is 53.3 Å². The van der Waals surface area contributed by atoms with Gasteiger partial charge >= 0.3 is 0 Å². The van der Waals surface area contributed by atoms with E-state index >= 15 is 0 Å². The summed E-state index contributed by atoms with van der Waals surface area (Å²) in [6.45, 7) is 2.99. The third kappa shape index (κ3) is 3.21. The van der Waals surface area contributed by atoms with E-state index in [1.807, 2.05) is 0 Å². The van der Waals surface area contributed by atoms with Crippen molar-refractivity contribution in [3.05, 3.63) is 29.3 Å². The Morgan fingerprint density at radius 1 is 1.04 bits per heavy atom. The molecule has 1 aromatic carbocycles. The number of nitrogens with zero attached hydrogens (tertiary/aromatic N) is 1. The number of carbonyl (C=O) groups is 4. The van der Waals surface area contributed by atoms with Gasteiger partial charge in [0.2, 0.25) is 11.8 Å². The molecule has 4 rings (SSSR count). The van der Waals surface area contributed by atoms with E-state index in [0.717, 1.165) is 30.0 Å². The van der Waals surface area contributed by atoms with Crippen LogP contribution in [0.3, 0.4) is 0 Å². The van der Waals surface area contributed by atoms with Crippen LogP contribution in [0.15, 0.2) is 18.2 Å². The van der Waals surface area contributed by atoms with Crippen molar-refractivity contribution in [2.24, 2.45) is 0 Å². The van der Waals surface area contributed by atoms with Crippen molar-refractivity contribution >= 4 is 29.3 Å². The van der Waals surface area contributed by atoms with Gasteiger partial charge in [-0.2, -0.15) is 0 Å². The predicted molar refractivity (Wildman–Crippen MR) is 97.2 cm³/mol. The molecule has 1 aromatic rings. The monoisotopic (exact) mass is 370 g/mol. The van der Waals surface area contributed by atoms with Crippen LogP contribution in [0.5, 0.6) is 0 Å². The first-order chi connectivity index (χ1) is 12.9. The van der Waals surface area contributed by atoms with Gasteiger partial charge in [-0.15, -0.1) is 0 Å². The van der Waals surface area contributed by atoms with Gasteiger partial charge in [-0.1, -0.05) is 0 Å². The van der Waals surface area contributed by atoms with Crippen molar-refractivity contribution in [3.8, 4) is 0 Å². The van der Waals surface area contributed by atoms with Gasteiger partial charge in [0.25, 0.3) is 11.8 Å². The molecular weight excluding hydrogens is 348 g/mol. The molecule has 0 spiro atoms. The molecule has 3 heterocycles. The quantitative estimate of drug-likeness (QED) is 0.674. The topological polar surface area (TPSA) is 108 Å². The second kappa shape index (κ2) is 6.77. The lowest BCUT2D eigenvalue weighted by molar-refractivity contribution is -0.136. The van der Waals surface area contributed by atoms with Crippen molar-refractivity contribution in [2.45, 2.75) is 50.7 Å². The van der Waals surface area contributed by atoms with Crippen LogP contribution in [0.2, 0.25) is 0 Å². The van der Waals surface area contributed by atoms with Crippen molar-refractivity contribution in [1.82, 2.24) is 15.5 Å². The highest BCUT2D eigenvalue weighted by atomic mass is 16.2. The number of nitrogens with one attached hydrogen (secondary N) is 3. The minimum absolute atomic E-state index is 0.115. The van der Waals surface area contributed by atoms with Gasteiger partial charge in [0.05, 0.1) is 11.1 Å². The first kappa shape index (κ1) is 17.7. The molecule has 3 N–H and O–H groups in total. The summed E-state index contributed by atoms with van der Waals surface area (Å²) >= 11 is 0. The number of amides is 4. The highest BCUT2D eigenvalue weighted by Crippen LogP contribution is 2.30. The number of carbonyl (C=O) groups excluding carboxylic acids is 4. The Bertz CT molecular complexity index is 829. The van der Waals surface area contributed by atoms with Crippen LogP contribution in [-0.4, -0.2) is 53.2 Å². The lowest BCUT2D eigenvalue weighted by Gasteiger charge is -2.29. The Morgan fingerprint density at radius 2 is 1.81 bits per heavy atom. The lowest BCUT2D eigenvalue weighted by atomic mass is 10.0. The van der Waals surface area contributed by atoms with Crippen LogP contribution in [-0.2, 0) is 9.59 Å². The van der Waals surface area contributed by atoms with Crippen LogP contribution in [0.4, 0.5) is 5.69 Å². The highest BCUT2D eigenvalue weighted by molar-refractivity contribution is 6.23. The van der Waals surface area contributed by atoms with Crippen LogP contribution < -0.4 is 16.0 Å². The third-order valence-electron chi connectivity index (χ3n) is 5.47. The zero-order valence-electron chi connectivity index (χ0n) is 15.1. The van der Waals surface area contributed by atoms with Crippen molar-refractivity contribution < 1.29 is 19.2 Å². The summed E-state index contributed by atoms with van der Waals surface area (Å²) in [5, 5.41) is 9.02. The normalized spacial score (nSPS) is 28.2. The third-order valence-corrected chi connectivity index (χ3v) is 5.47. The molecule has 3 aliphatic heterocycles.